The molecule has 1 aromatic heterocycles. The van der Waals surface area contributed by atoms with Crippen molar-refractivity contribution in [3.8, 4) is 11.3 Å². The first-order chi connectivity index (χ1) is 10.2. The molecule has 6 heteroatoms. The van der Waals surface area contributed by atoms with Gasteiger partial charge in [0, 0.05) is 11.6 Å². The molecule has 0 aliphatic carbocycles. The number of rotatable bonds is 3. The van der Waals surface area contributed by atoms with Crippen LogP contribution in [0.25, 0.3) is 11.3 Å². The highest BCUT2D eigenvalue weighted by Crippen LogP contribution is 2.37. The number of nitrogens with two attached hydrogens (primary N) is 1. The monoisotopic (exact) mass is 298 g/mol. The Kier molecular flexibility index (Phi) is 3.70. The van der Waals surface area contributed by atoms with Crippen molar-refractivity contribution in [3.63, 3.8) is 0 Å². The second kappa shape index (κ2) is 5.80. The van der Waals surface area contributed by atoms with Gasteiger partial charge in [-0.15, -0.1) is 10.2 Å². The second-order valence-corrected chi connectivity index (χ2v) is 5.26. The molecule has 3 rings (SSSR count). The van der Waals surface area contributed by atoms with Crippen LogP contribution in [0.4, 0.5) is 20.2 Å². The van der Waals surface area contributed by atoms with Gasteiger partial charge in [0.25, 0.3) is 0 Å². The number of nitrogens with zero attached hydrogens (tertiary/aromatic N) is 3. The van der Waals surface area contributed by atoms with Gasteiger partial charge in [-0.3, -0.25) is 0 Å². The summed E-state index contributed by atoms with van der Waals surface area (Å²) in [4.78, 5) is 4.28. The molecule has 0 saturated carbocycles. The lowest BCUT2D eigenvalue weighted by Crippen LogP contribution is -1.82. The van der Waals surface area contributed by atoms with Crippen LogP contribution >= 0.6 is 11.3 Å². The first-order valence-electron chi connectivity index (χ1n) is 6.21. The summed E-state index contributed by atoms with van der Waals surface area (Å²) in [5.41, 5.74) is 7.80. The maximum atomic E-state index is 13.1. The van der Waals surface area contributed by atoms with Crippen molar-refractivity contribution in [2.45, 2.75) is 0 Å². The molecule has 2 N–H and O–H groups in total. The Labute approximate surface area is 124 Å². The number of nitrogen functional groups attached to an aromatic ring is 1. The quantitative estimate of drug-likeness (QED) is 0.695. The number of halogens is 1. The number of benzene rings is 2. The topological polar surface area (TPSA) is 63.6 Å². The molecule has 3 aromatic rings. The smallest absolute Gasteiger partial charge is 0.182 e. The zero-order valence-corrected chi connectivity index (χ0v) is 11.7. The molecule has 0 fully saturated rings. The van der Waals surface area contributed by atoms with Crippen LogP contribution in [0.5, 0.6) is 0 Å². The number of hydrogen-bond donors (Lipinski definition) is 1. The zero-order chi connectivity index (χ0) is 14.7. The Hall–Kier alpha value is -2.60. The summed E-state index contributed by atoms with van der Waals surface area (Å²) in [6.45, 7) is 0. The van der Waals surface area contributed by atoms with Gasteiger partial charge in [-0.25, -0.2) is 9.37 Å². The molecule has 104 valence electrons. The summed E-state index contributed by atoms with van der Waals surface area (Å²) in [5.74, 6) is -0.349. The fraction of sp³-hybridized carbons (Fsp3) is 0. The minimum atomic E-state index is -0.349. The summed E-state index contributed by atoms with van der Waals surface area (Å²) in [6.07, 6.45) is 0. The van der Waals surface area contributed by atoms with E-state index >= 15 is 0 Å². The zero-order valence-electron chi connectivity index (χ0n) is 10.9. The Balaban J connectivity index is 1.96. The van der Waals surface area contributed by atoms with Crippen molar-refractivity contribution in [1.29, 1.82) is 0 Å². The van der Waals surface area contributed by atoms with Gasteiger partial charge in [-0.2, -0.15) is 0 Å². The summed E-state index contributed by atoms with van der Waals surface area (Å²) >= 11 is 1.25. The number of thiazole rings is 1. The van der Waals surface area contributed by atoms with Crippen molar-refractivity contribution in [2.75, 3.05) is 5.73 Å². The van der Waals surface area contributed by atoms with Crippen LogP contribution in [-0.2, 0) is 0 Å². The van der Waals surface area contributed by atoms with Gasteiger partial charge >= 0.3 is 0 Å². The number of aromatic nitrogens is 1. The molecule has 0 aliphatic rings. The fourth-order valence-electron chi connectivity index (χ4n) is 1.82. The van der Waals surface area contributed by atoms with Gasteiger partial charge in [0.2, 0.25) is 0 Å². The fourth-order valence-corrected chi connectivity index (χ4v) is 2.50. The molecule has 4 nitrogen and oxygen atoms in total. The van der Waals surface area contributed by atoms with Crippen LogP contribution in [0.15, 0.2) is 64.8 Å². The van der Waals surface area contributed by atoms with Gasteiger partial charge in [0.1, 0.15) is 11.5 Å². The highest BCUT2D eigenvalue weighted by atomic mass is 32.1. The third-order valence-electron chi connectivity index (χ3n) is 2.74. The van der Waals surface area contributed by atoms with Crippen LogP contribution in [0.2, 0.25) is 0 Å². The van der Waals surface area contributed by atoms with Crippen molar-refractivity contribution in [1.82, 2.24) is 4.98 Å². The van der Waals surface area contributed by atoms with Gasteiger partial charge in [-0.1, -0.05) is 47.7 Å². The average molecular weight is 298 g/mol. The van der Waals surface area contributed by atoms with Gasteiger partial charge in [0.05, 0.1) is 5.69 Å². The van der Waals surface area contributed by atoms with Crippen molar-refractivity contribution < 1.29 is 4.39 Å². The van der Waals surface area contributed by atoms with Crippen molar-refractivity contribution in [3.05, 3.63) is 60.4 Å². The maximum Gasteiger partial charge on any atom is 0.182 e. The average Bonchev–Trinajstić information content (AvgIpc) is 2.87. The molecule has 1 heterocycles. The van der Waals surface area contributed by atoms with E-state index in [4.69, 9.17) is 5.73 Å². The SMILES string of the molecule is Nc1nc(-c2ccccc2)c(N=Nc2cccc(F)c2)s1. The Bertz CT molecular complexity index is 783. The molecule has 0 unspecified atom stereocenters. The van der Waals surface area contributed by atoms with E-state index in [2.05, 4.69) is 15.2 Å². The summed E-state index contributed by atoms with van der Waals surface area (Å²) in [7, 11) is 0. The molecular formula is C15H11FN4S. The first-order valence-corrected chi connectivity index (χ1v) is 7.03. The lowest BCUT2D eigenvalue weighted by molar-refractivity contribution is 0.628. The molecule has 0 atom stereocenters. The van der Waals surface area contributed by atoms with Crippen LogP contribution < -0.4 is 5.73 Å². The molecular weight excluding hydrogens is 287 g/mol. The third kappa shape index (κ3) is 3.11. The minimum absolute atomic E-state index is 0.349. The Morgan fingerprint density at radius 3 is 2.57 bits per heavy atom. The lowest BCUT2D eigenvalue weighted by Gasteiger charge is -1.97. The van der Waals surface area contributed by atoms with Crippen LogP contribution in [-0.4, -0.2) is 4.98 Å². The molecule has 0 spiro atoms. The standard InChI is InChI=1S/C15H11FN4S/c16-11-7-4-8-12(9-11)19-20-14-13(18-15(17)21-14)10-5-2-1-3-6-10/h1-9H,(H2,17,18). The highest BCUT2D eigenvalue weighted by molar-refractivity contribution is 7.19. The van der Waals surface area contributed by atoms with Crippen molar-refractivity contribution >= 4 is 27.2 Å². The van der Waals surface area contributed by atoms with Gasteiger partial charge in [0.15, 0.2) is 10.1 Å². The van der Waals surface area contributed by atoms with Gasteiger partial charge in [-0.05, 0) is 12.1 Å². The molecule has 2 aromatic carbocycles. The van der Waals surface area contributed by atoms with E-state index in [-0.39, 0.29) is 5.82 Å². The molecule has 0 saturated heterocycles. The third-order valence-corrected chi connectivity index (χ3v) is 3.51. The predicted octanol–water partition coefficient (Wildman–Crippen LogP) is 4.95. The van der Waals surface area contributed by atoms with E-state index in [1.807, 2.05) is 30.3 Å². The van der Waals surface area contributed by atoms with Crippen LogP contribution in [0, 0.1) is 5.82 Å². The summed E-state index contributed by atoms with van der Waals surface area (Å²) in [5, 5.41) is 9.20. The van der Waals surface area contributed by atoms with E-state index in [1.54, 1.807) is 12.1 Å². The number of anilines is 1. The highest BCUT2D eigenvalue weighted by Gasteiger charge is 2.11. The summed E-state index contributed by atoms with van der Waals surface area (Å²) in [6, 6.07) is 15.5. The predicted molar refractivity (Wildman–Crippen MR) is 82.5 cm³/mol. The van der Waals surface area contributed by atoms with E-state index in [0.29, 0.717) is 21.5 Å². The first kappa shape index (κ1) is 13.4. The van der Waals surface area contributed by atoms with E-state index in [0.717, 1.165) is 5.56 Å². The number of hydrogen-bond acceptors (Lipinski definition) is 5. The van der Waals surface area contributed by atoms with Crippen LogP contribution in [0.3, 0.4) is 0 Å². The maximum absolute atomic E-state index is 13.1. The minimum Gasteiger partial charge on any atom is -0.375 e. The second-order valence-electron chi connectivity index (χ2n) is 4.25. The molecule has 0 aliphatic heterocycles. The Morgan fingerprint density at radius 1 is 1.00 bits per heavy atom. The van der Waals surface area contributed by atoms with E-state index in [9.17, 15) is 4.39 Å². The van der Waals surface area contributed by atoms with E-state index < -0.39 is 0 Å². The molecule has 0 amide bonds. The normalized spacial score (nSPS) is 11.1. The molecule has 0 bridgehead atoms. The summed E-state index contributed by atoms with van der Waals surface area (Å²) < 4.78 is 13.1. The van der Waals surface area contributed by atoms with Crippen molar-refractivity contribution in [2.24, 2.45) is 10.2 Å². The van der Waals surface area contributed by atoms with Crippen LogP contribution in [0.1, 0.15) is 0 Å². The number of azo groups is 1. The molecule has 21 heavy (non-hydrogen) atoms. The van der Waals surface area contributed by atoms with E-state index in [1.165, 1.54) is 23.5 Å². The van der Waals surface area contributed by atoms with Gasteiger partial charge < -0.3 is 5.73 Å². The Morgan fingerprint density at radius 2 is 1.81 bits per heavy atom. The largest absolute Gasteiger partial charge is 0.375 e. The lowest BCUT2D eigenvalue weighted by atomic mass is 10.2. The molecule has 0 radical (unpaired) electrons.